The summed E-state index contributed by atoms with van der Waals surface area (Å²) in [6, 6.07) is 10.5. The highest BCUT2D eigenvalue weighted by molar-refractivity contribution is 5.85. The van der Waals surface area contributed by atoms with Crippen LogP contribution < -0.4 is 5.73 Å². The summed E-state index contributed by atoms with van der Waals surface area (Å²) in [5.74, 6) is 0. The molecule has 1 aromatic heterocycles. The lowest BCUT2D eigenvalue weighted by atomic mass is 10.1. The molecule has 3 rings (SSSR count). The maximum atomic E-state index is 5.71. The summed E-state index contributed by atoms with van der Waals surface area (Å²) in [5, 5.41) is 1.24. The van der Waals surface area contributed by atoms with Gasteiger partial charge in [-0.2, -0.15) is 0 Å². The largest absolute Gasteiger partial charge is 0.374 e. The lowest BCUT2D eigenvalue weighted by Gasteiger charge is -2.32. The summed E-state index contributed by atoms with van der Waals surface area (Å²) in [7, 11) is 0. The second-order valence-corrected chi connectivity index (χ2v) is 5.40. The molecule has 122 valence electrons. The molecule has 6 heteroatoms. The van der Waals surface area contributed by atoms with Gasteiger partial charge in [-0.1, -0.05) is 18.2 Å². The van der Waals surface area contributed by atoms with Crippen LogP contribution in [0, 0.1) is 6.92 Å². The summed E-state index contributed by atoms with van der Waals surface area (Å²) in [6.07, 6.45) is 0.165. The highest BCUT2D eigenvalue weighted by Crippen LogP contribution is 2.20. The average Bonchev–Trinajstić information content (AvgIpc) is 2.47. The molecule has 2 N–H and O–H groups in total. The minimum Gasteiger partial charge on any atom is -0.374 e. The van der Waals surface area contributed by atoms with Crippen LogP contribution in [0.5, 0.6) is 0 Å². The lowest BCUT2D eigenvalue weighted by molar-refractivity contribution is -0.0259. The molecule has 1 aromatic carbocycles. The van der Waals surface area contributed by atoms with Gasteiger partial charge in [0.2, 0.25) is 0 Å². The second kappa shape index (κ2) is 8.65. The Balaban J connectivity index is 0.00000121. The Morgan fingerprint density at radius 1 is 1.32 bits per heavy atom. The molecule has 0 amide bonds. The number of nitrogens with two attached hydrogens (primary N) is 1. The zero-order valence-corrected chi connectivity index (χ0v) is 14.3. The van der Waals surface area contributed by atoms with Crippen LogP contribution in [0.2, 0.25) is 0 Å². The number of benzene rings is 1. The van der Waals surface area contributed by atoms with E-state index in [1.165, 1.54) is 10.9 Å². The Hall–Kier alpha value is -0.910. The van der Waals surface area contributed by atoms with Crippen LogP contribution in [-0.4, -0.2) is 42.2 Å². The maximum absolute atomic E-state index is 5.71. The molecule has 0 spiro atoms. The fraction of sp³-hybridized carbons (Fsp3) is 0.438. The van der Waals surface area contributed by atoms with Crippen molar-refractivity contribution in [1.82, 2.24) is 9.88 Å². The zero-order valence-electron chi connectivity index (χ0n) is 12.7. The van der Waals surface area contributed by atoms with Crippen molar-refractivity contribution >= 4 is 35.7 Å². The maximum Gasteiger partial charge on any atom is 0.0824 e. The van der Waals surface area contributed by atoms with Crippen molar-refractivity contribution < 1.29 is 4.74 Å². The Morgan fingerprint density at radius 2 is 2.09 bits per heavy atom. The van der Waals surface area contributed by atoms with Gasteiger partial charge in [-0.05, 0) is 24.6 Å². The van der Waals surface area contributed by atoms with Gasteiger partial charge in [-0.3, -0.25) is 9.88 Å². The molecule has 1 aliphatic heterocycles. The summed E-state index contributed by atoms with van der Waals surface area (Å²) in [5.41, 5.74) is 9.20. The number of nitrogens with zero attached hydrogens (tertiary/aromatic N) is 2. The van der Waals surface area contributed by atoms with E-state index >= 15 is 0 Å². The van der Waals surface area contributed by atoms with Gasteiger partial charge in [0.15, 0.2) is 0 Å². The lowest BCUT2D eigenvalue weighted by Crippen LogP contribution is -2.45. The minimum atomic E-state index is 0. The minimum absolute atomic E-state index is 0. The topological polar surface area (TPSA) is 51.4 Å². The standard InChI is InChI=1S/C16H21N3O.2ClH/c1-12-8-13(15-4-2-3-5-16(15)18-12)10-19-6-7-20-14(9-17)11-19;;/h2-5,8,14H,6-7,9-11,17H2,1H3;2*1H. The SMILES string of the molecule is Cc1cc(CN2CCOC(CN)C2)c2ccccc2n1.Cl.Cl. The molecular formula is C16H23Cl2N3O. The average molecular weight is 344 g/mol. The van der Waals surface area contributed by atoms with Crippen LogP contribution in [-0.2, 0) is 11.3 Å². The van der Waals surface area contributed by atoms with Gasteiger partial charge in [-0.25, -0.2) is 0 Å². The third-order valence-corrected chi connectivity index (χ3v) is 3.81. The van der Waals surface area contributed by atoms with Gasteiger partial charge in [0.1, 0.15) is 0 Å². The molecule has 1 unspecified atom stereocenters. The Labute approximate surface area is 143 Å². The number of aromatic nitrogens is 1. The first-order valence-electron chi connectivity index (χ1n) is 7.15. The first-order valence-corrected chi connectivity index (χ1v) is 7.15. The van der Waals surface area contributed by atoms with E-state index in [9.17, 15) is 0 Å². The third kappa shape index (κ3) is 4.31. The highest BCUT2D eigenvalue weighted by atomic mass is 35.5. The van der Waals surface area contributed by atoms with Gasteiger partial charge < -0.3 is 10.5 Å². The molecule has 1 saturated heterocycles. The number of morpholine rings is 1. The van der Waals surface area contributed by atoms with Crippen molar-refractivity contribution in [2.24, 2.45) is 5.73 Å². The smallest absolute Gasteiger partial charge is 0.0824 e. The highest BCUT2D eigenvalue weighted by Gasteiger charge is 2.19. The van der Waals surface area contributed by atoms with Crippen LogP contribution in [0.4, 0.5) is 0 Å². The monoisotopic (exact) mass is 343 g/mol. The van der Waals surface area contributed by atoms with Crippen molar-refractivity contribution in [1.29, 1.82) is 0 Å². The van der Waals surface area contributed by atoms with E-state index in [1.54, 1.807) is 0 Å². The van der Waals surface area contributed by atoms with Crippen LogP contribution in [0.3, 0.4) is 0 Å². The van der Waals surface area contributed by atoms with E-state index in [0.717, 1.165) is 37.5 Å². The number of fused-ring (bicyclic) bond motifs is 1. The van der Waals surface area contributed by atoms with Crippen LogP contribution in [0.1, 0.15) is 11.3 Å². The summed E-state index contributed by atoms with van der Waals surface area (Å²) < 4.78 is 5.63. The number of hydrogen-bond donors (Lipinski definition) is 1. The fourth-order valence-corrected chi connectivity index (χ4v) is 2.83. The summed E-state index contributed by atoms with van der Waals surface area (Å²) in [6.45, 7) is 6.22. The normalized spacial score (nSPS) is 18.5. The van der Waals surface area contributed by atoms with Gasteiger partial charge in [-0.15, -0.1) is 24.8 Å². The van der Waals surface area contributed by atoms with Gasteiger partial charge in [0, 0.05) is 37.3 Å². The molecule has 2 aromatic rings. The molecule has 22 heavy (non-hydrogen) atoms. The van der Waals surface area contributed by atoms with Crippen molar-refractivity contribution in [3.05, 3.63) is 41.6 Å². The molecule has 0 radical (unpaired) electrons. The number of ether oxygens (including phenoxy) is 1. The number of rotatable bonds is 3. The molecule has 1 aliphatic rings. The molecule has 0 bridgehead atoms. The first kappa shape index (κ1) is 19.1. The van der Waals surface area contributed by atoms with E-state index in [2.05, 4.69) is 41.1 Å². The zero-order chi connectivity index (χ0) is 13.9. The van der Waals surface area contributed by atoms with Gasteiger partial charge in [0.05, 0.1) is 18.2 Å². The Kier molecular flexibility index (Phi) is 7.53. The number of aryl methyl sites for hydroxylation is 1. The van der Waals surface area contributed by atoms with E-state index in [4.69, 9.17) is 10.5 Å². The van der Waals surface area contributed by atoms with Gasteiger partial charge >= 0.3 is 0 Å². The molecule has 2 heterocycles. The van der Waals surface area contributed by atoms with Crippen LogP contribution in [0.25, 0.3) is 10.9 Å². The van der Waals surface area contributed by atoms with Crippen molar-refractivity contribution in [2.45, 2.75) is 19.6 Å². The molecule has 1 atom stereocenters. The summed E-state index contributed by atoms with van der Waals surface area (Å²) >= 11 is 0. The number of pyridine rings is 1. The predicted octanol–water partition coefficient (Wildman–Crippen LogP) is 2.55. The van der Waals surface area contributed by atoms with Crippen LogP contribution in [0.15, 0.2) is 30.3 Å². The Bertz CT molecular complexity index is 609. The number of para-hydroxylation sites is 1. The molecule has 1 fully saturated rings. The molecule has 4 nitrogen and oxygen atoms in total. The van der Waals surface area contributed by atoms with Gasteiger partial charge in [0.25, 0.3) is 0 Å². The first-order chi connectivity index (χ1) is 9.76. The Morgan fingerprint density at radius 3 is 2.86 bits per heavy atom. The third-order valence-electron chi connectivity index (χ3n) is 3.81. The molecule has 0 saturated carbocycles. The number of halogens is 2. The van der Waals surface area contributed by atoms with Crippen molar-refractivity contribution in [2.75, 3.05) is 26.2 Å². The summed E-state index contributed by atoms with van der Waals surface area (Å²) in [4.78, 5) is 7.02. The van der Waals surface area contributed by atoms with Crippen molar-refractivity contribution in [3.63, 3.8) is 0 Å². The molecule has 0 aliphatic carbocycles. The second-order valence-electron chi connectivity index (χ2n) is 5.40. The van der Waals surface area contributed by atoms with Crippen molar-refractivity contribution in [3.8, 4) is 0 Å². The van der Waals surface area contributed by atoms with E-state index in [0.29, 0.717) is 6.54 Å². The van der Waals surface area contributed by atoms with Crippen LogP contribution >= 0.6 is 24.8 Å². The number of hydrogen-bond acceptors (Lipinski definition) is 4. The fourth-order valence-electron chi connectivity index (χ4n) is 2.83. The van der Waals surface area contributed by atoms with E-state index < -0.39 is 0 Å². The van der Waals surface area contributed by atoms with E-state index in [1.807, 2.05) is 6.07 Å². The quantitative estimate of drug-likeness (QED) is 0.930. The predicted molar refractivity (Wildman–Crippen MR) is 95.0 cm³/mol. The molecular weight excluding hydrogens is 321 g/mol. The van der Waals surface area contributed by atoms with E-state index in [-0.39, 0.29) is 30.9 Å².